The Morgan fingerprint density at radius 3 is 2.06 bits per heavy atom. The van der Waals surface area contributed by atoms with E-state index in [9.17, 15) is 19.2 Å². The van der Waals surface area contributed by atoms with Crippen LogP contribution in [0, 0.1) is 5.92 Å². The molecular formula is C25H42N2O8. The Balaban J connectivity index is 2.01. The van der Waals surface area contributed by atoms with Crippen LogP contribution in [0.1, 0.15) is 54.4 Å². The summed E-state index contributed by atoms with van der Waals surface area (Å²) >= 11 is 0. The molecule has 0 aromatic rings. The van der Waals surface area contributed by atoms with Gasteiger partial charge in [0.2, 0.25) is 5.91 Å². The maximum absolute atomic E-state index is 12.0. The average molecular weight is 499 g/mol. The van der Waals surface area contributed by atoms with Gasteiger partial charge in [0.05, 0.1) is 50.8 Å². The molecule has 1 N–H and O–H groups in total. The fraction of sp³-hybridized carbons (Fsp3) is 0.760. The lowest BCUT2D eigenvalue weighted by atomic mass is 9.95. The summed E-state index contributed by atoms with van der Waals surface area (Å²) in [6.07, 6.45) is 2.81. The van der Waals surface area contributed by atoms with E-state index in [1.54, 1.807) is 0 Å². The number of ketones is 1. The van der Waals surface area contributed by atoms with Gasteiger partial charge >= 0.3 is 0 Å². The van der Waals surface area contributed by atoms with Crippen LogP contribution in [0.15, 0.2) is 12.2 Å². The van der Waals surface area contributed by atoms with Gasteiger partial charge in [0.25, 0.3) is 11.8 Å². The highest BCUT2D eigenvalue weighted by molar-refractivity contribution is 6.13. The van der Waals surface area contributed by atoms with Crippen molar-refractivity contribution >= 4 is 23.5 Å². The number of hydrogen-bond donors (Lipinski definition) is 1. The quantitative estimate of drug-likeness (QED) is 0.211. The molecule has 0 radical (unpaired) electrons. The summed E-state index contributed by atoms with van der Waals surface area (Å²) in [5.41, 5.74) is -1.05. The summed E-state index contributed by atoms with van der Waals surface area (Å²) in [6.45, 7) is 14.1. The molecule has 0 saturated heterocycles. The second-order valence-corrected chi connectivity index (χ2v) is 9.94. The van der Waals surface area contributed by atoms with Crippen molar-refractivity contribution in [3.8, 4) is 0 Å². The second kappa shape index (κ2) is 15.1. The summed E-state index contributed by atoms with van der Waals surface area (Å²) in [4.78, 5) is 47.6. The van der Waals surface area contributed by atoms with Crippen LogP contribution >= 0.6 is 0 Å². The number of rotatable bonds is 19. The van der Waals surface area contributed by atoms with Gasteiger partial charge < -0.3 is 24.3 Å². The minimum atomic E-state index is -0.543. The molecule has 1 rings (SSSR count). The van der Waals surface area contributed by atoms with E-state index < -0.39 is 23.0 Å². The van der Waals surface area contributed by atoms with Crippen LogP contribution in [-0.4, -0.2) is 92.3 Å². The van der Waals surface area contributed by atoms with E-state index in [4.69, 9.17) is 18.9 Å². The average Bonchev–Trinajstić information content (AvgIpc) is 3.09. The van der Waals surface area contributed by atoms with Crippen LogP contribution in [0.25, 0.3) is 0 Å². The summed E-state index contributed by atoms with van der Waals surface area (Å²) in [6, 6.07) is 0. The Morgan fingerprint density at radius 2 is 1.46 bits per heavy atom. The van der Waals surface area contributed by atoms with Crippen LogP contribution in [-0.2, 0) is 38.1 Å². The molecule has 0 aromatic carbocycles. The topological polar surface area (TPSA) is 120 Å². The first-order valence-electron chi connectivity index (χ1n) is 12.1. The zero-order valence-corrected chi connectivity index (χ0v) is 22.0. The smallest absolute Gasteiger partial charge is 0.253 e. The number of hydrogen-bond acceptors (Lipinski definition) is 8. The molecule has 0 aromatic heterocycles. The molecule has 0 aliphatic carbocycles. The van der Waals surface area contributed by atoms with Crippen molar-refractivity contribution in [3.63, 3.8) is 0 Å². The molecule has 0 unspecified atom stereocenters. The third-order valence-electron chi connectivity index (χ3n) is 5.18. The first-order chi connectivity index (χ1) is 16.3. The molecule has 0 spiro atoms. The van der Waals surface area contributed by atoms with Crippen LogP contribution in [0.4, 0.5) is 0 Å². The number of nitrogens with one attached hydrogen (secondary N) is 1. The van der Waals surface area contributed by atoms with Gasteiger partial charge in [-0.1, -0.05) is 13.8 Å². The number of Topliss-reactive ketones (excluding diaryl/α,β-unsaturated/α-hetero) is 1. The van der Waals surface area contributed by atoms with Gasteiger partial charge in [-0.3, -0.25) is 24.1 Å². The summed E-state index contributed by atoms with van der Waals surface area (Å²) in [5.74, 6) is -0.876. The van der Waals surface area contributed by atoms with Crippen molar-refractivity contribution in [2.24, 2.45) is 5.92 Å². The van der Waals surface area contributed by atoms with Crippen molar-refractivity contribution in [2.45, 2.75) is 65.6 Å². The van der Waals surface area contributed by atoms with E-state index in [1.165, 1.54) is 12.2 Å². The van der Waals surface area contributed by atoms with E-state index >= 15 is 0 Å². The largest absolute Gasteiger partial charge is 0.377 e. The predicted octanol–water partition coefficient (Wildman–Crippen LogP) is 1.66. The standard InChI is InChI=1S/C25H42N2O8/c1-19(2)20(28)17-24(3,4)35-18-25(5,6)34-16-15-33-14-13-32-12-10-26-21(29)9-11-27-22(30)7-8-23(27)31/h7-8,19H,9-18H2,1-6H3,(H,26,29). The van der Waals surface area contributed by atoms with Gasteiger partial charge in [0, 0.05) is 44.0 Å². The SMILES string of the molecule is CC(C)C(=O)CC(C)(C)OCC(C)(C)OCCOCCOCCNC(=O)CCN1C(=O)C=CC1=O. The van der Waals surface area contributed by atoms with Gasteiger partial charge in [-0.15, -0.1) is 0 Å². The molecule has 1 heterocycles. The lowest BCUT2D eigenvalue weighted by molar-refractivity contribution is -0.142. The van der Waals surface area contributed by atoms with E-state index in [1.807, 2.05) is 41.5 Å². The lowest BCUT2D eigenvalue weighted by Crippen LogP contribution is -2.38. The minimum absolute atomic E-state index is 0.00858. The number of nitrogens with zero attached hydrogens (tertiary/aromatic N) is 1. The van der Waals surface area contributed by atoms with Crippen LogP contribution < -0.4 is 5.32 Å². The Kier molecular flexibility index (Phi) is 13.3. The third-order valence-corrected chi connectivity index (χ3v) is 5.18. The highest BCUT2D eigenvalue weighted by Crippen LogP contribution is 2.21. The van der Waals surface area contributed by atoms with Gasteiger partial charge in [0.1, 0.15) is 5.78 Å². The molecule has 1 aliphatic heterocycles. The fourth-order valence-electron chi connectivity index (χ4n) is 3.00. The molecule has 200 valence electrons. The fourth-order valence-corrected chi connectivity index (χ4v) is 3.00. The van der Waals surface area contributed by atoms with Gasteiger partial charge in [-0.25, -0.2) is 0 Å². The number of imide groups is 1. The van der Waals surface area contributed by atoms with Crippen molar-refractivity contribution in [2.75, 3.05) is 52.7 Å². The monoisotopic (exact) mass is 498 g/mol. The molecule has 0 fully saturated rings. The number of ether oxygens (including phenoxy) is 4. The maximum atomic E-state index is 12.0. The third kappa shape index (κ3) is 13.5. The molecule has 35 heavy (non-hydrogen) atoms. The molecule has 0 atom stereocenters. The normalized spacial score (nSPS) is 14.3. The molecule has 0 bridgehead atoms. The van der Waals surface area contributed by atoms with Crippen molar-refractivity contribution in [3.05, 3.63) is 12.2 Å². The summed E-state index contributed by atoms with van der Waals surface area (Å²) in [5, 5.41) is 2.68. The van der Waals surface area contributed by atoms with Crippen molar-refractivity contribution in [1.29, 1.82) is 0 Å². The zero-order chi connectivity index (χ0) is 26.5. The first-order valence-corrected chi connectivity index (χ1v) is 12.1. The predicted molar refractivity (Wildman–Crippen MR) is 130 cm³/mol. The Bertz CT molecular complexity index is 728. The Hall–Kier alpha value is -2.14. The molecule has 1 aliphatic rings. The molecule has 10 heteroatoms. The van der Waals surface area contributed by atoms with E-state index in [0.717, 1.165) is 4.90 Å². The second-order valence-electron chi connectivity index (χ2n) is 9.94. The highest BCUT2D eigenvalue weighted by Gasteiger charge is 2.28. The maximum Gasteiger partial charge on any atom is 0.253 e. The van der Waals surface area contributed by atoms with E-state index in [0.29, 0.717) is 52.6 Å². The van der Waals surface area contributed by atoms with Crippen molar-refractivity contribution in [1.82, 2.24) is 10.2 Å². The number of amides is 3. The number of carbonyl (C=O) groups is 4. The number of carbonyl (C=O) groups excluding carboxylic acids is 4. The molecule has 0 saturated carbocycles. The van der Waals surface area contributed by atoms with Gasteiger partial charge in [-0.2, -0.15) is 0 Å². The summed E-state index contributed by atoms with van der Waals surface area (Å²) < 4.78 is 22.7. The molecular weight excluding hydrogens is 456 g/mol. The summed E-state index contributed by atoms with van der Waals surface area (Å²) in [7, 11) is 0. The van der Waals surface area contributed by atoms with Gasteiger partial charge in [-0.05, 0) is 27.7 Å². The highest BCUT2D eigenvalue weighted by atomic mass is 16.6. The molecule has 3 amide bonds. The van der Waals surface area contributed by atoms with E-state index in [2.05, 4.69) is 5.32 Å². The minimum Gasteiger partial charge on any atom is -0.377 e. The van der Waals surface area contributed by atoms with Gasteiger partial charge in [0.15, 0.2) is 0 Å². The van der Waals surface area contributed by atoms with E-state index in [-0.39, 0.29) is 30.6 Å². The Morgan fingerprint density at radius 1 is 0.886 bits per heavy atom. The zero-order valence-electron chi connectivity index (χ0n) is 22.0. The van der Waals surface area contributed by atoms with Crippen LogP contribution in [0.5, 0.6) is 0 Å². The first kappa shape index (κ1) is 30.9. The van der Waals surface area contributed by atoms with Crippen LogP contribution in [0.2, 0.25) is 0 Å². The van der Waals surface area contributed by atoms with Crippen LogP contribution in [0.3, 0.4) is 0 Å². The molecule has 10 nitrogen and oxygen atoms in total. The van der Waals surface area contributed by atoms with Crippen molar-refractivity contribution < 1.29 is 38.1 Å². The lowest BCUT2D eigenvalue weighted by Gasteiger charge is -2.32. The Labute approximate surface area is 208 Å².